The third kappa shape index (κ3) is 3.51. The van der Waals surface area contributed by atoms with Gasteiger partial charge in [0.25, 0.3) is 0 Å². The lowest BCUT2D eigenvalue weighted by Gasteiger charge is -2.29. The zero-order chi connectivity index (χ0) is 12.4. The summed E-state index contributed by atoms with van der Waals surface area (Å²) in [5.41, 5.74) is 5.88. The average Bonchev–Trinajstić information content (AvgIpc) is 2.68. The molecule has 2 aliphatic rings. The first kappa shape index (κ1) is 13.9. The molecule has 98 valence electrons. The van der Waals surface area contributed by atoms with Gasteiger partial charge in [-0.3, -0.25) is 9.69 Å². The van der Waals surface area contributed by atoms with E-state index < -0.39 is 0 Å². The number of hydrogen-bond donors (Lipinski definition) is 1. The number of Topliss-reactive ketones (excluding diaryl/α,β-unsaturated/α-hetero) is 1. The van der Waals surface area contributed by atoms with Crippen molar-refractivity contribution in [2.75, 3.05) is 18.8 Å². The maximum absolute atomic E-state index is 12.1. The van der Waals surface area contributed by atoms with Gasteiger partial charge < -0.3 is 5.73 Å². The van der Waals surface area contributed by atoms with Gasteiger partial charge in [0.15, 0.2) is 0 Å². The van der Waals surface area contributed by atoms with Crippen molar-refractivity contribution < 1.29 is 4.79 Å². The van der Waals surface area contributed by atoms with E-state index in [-0.39, 0.29) is 28.0 Å². The molecule has 0 spiro atoms. The molecule has 0 radical (unpaired) electrons. The van der Waals surface area contributed by atoms with Crippen LogP contribution in [0.1, 0.15) is 19.3 Å². The van der Waals surface area contributed by atoms with E-state index in [0.29, 0.717) is 13.0 Å². The second kappa shape index (κ2) is 6.11. The molecule has 0 aromatic carbocycles. The standard InChI is InChI=1S/C11H18Cl2N2OS/c12-8-2-1-7(5-9(8)13)10(16)6-15-3-4-17-11(15)14/h7-9,11H,1-6,14H2. The van der Waals surface area contributed by atoms with Gasteiger partial charge in [-0.1, -0.05) is 0 Å². The van der Waals surface area contributed by atoms with E-state index >= 15 is 0 Å². The molecule has 1 saturated carbocycles. The van der Waals surface area contributed by atoms with Crippen molar-refractivity contribution in [3.05, 3.63) is 0 Å². The van der Waals surface area contributed by atoms with Crippen molar-refractivity contribution in [1.29, 1.82) is 0 Å². The van der Waals surface area contributed by atoms with E-state index in [1.165, 1.54) is 0 Å². The molecule has 2 N–H and O–H groups in total. The van der Waals surface area contributed by atoms with Gasteiger partial charge in [0, 0.05) is 23.6 Å². The Morgan fingerprint density at radius 1 is 1.35 bits per heavy atom. The largest absolute Gasteiger partial charge is 0.307 e. The fourth-order valence-corrected chi connectivity index (χ4v) is 3.93. The molecule has 0 aromatic heterocycles. The van der Waals surface area contributed by atoms with Gasteiger partial charge in [0.1, 0.15) is 11.3 Å². The summed E-state index contributed by atoms with van der Waals surface area (Å²) in [5.74, 6) is 1.36. The zero-order valence-electron chi connectivity index (χ0n) is 9.65. The van der Waals surface area contributed by atoms with Gasteiger partial charge in [-0.2, -0.15) is 0 Å². The first-order valence-electron chi connectivity index (χ1n) is 6.00. The Morgan fingerprint density at radius 2 is 2.12 bits per heavy atom. The Hall–Kier alpha value is 0.520. The first-order valence-corrected chi connectivity index (χ1v) is 7.92. The highest BCUT2D eigenvalue weighted by Crippen LogP contribution is 2.32. The van der Waals surface area contributed by atoms with Crippen LogP contribution in [0, 0.1) is 5.92 Å². The number of rotatable bonds is 3. The number of thioether (sulfide) groups is 1. The van der Waals surface area contributed by atoms with Crippen LogP contribution in [0.5, 0.6) is 0 Å². The van der Waals surface area contributed by atoms with Crippen LogP contribution in [-0.4, -0.2) is 45.8 Å². The fourth-order valence-electron chi connectivity index (χ4n) is 2.39. The van der Waals surface area contributed by atoms with E-state index in [2.05, 4.69) is 0 Å². The summed E-state index contributed by atoms with van der Waals surface area (Å²) >= 11 is 13.9. The third-order valence-corrected chi connectivity index (χ3v) is 5.73. The van der Waals surface area contributed by atoms with Crippen molar-refractivity contribution in [3.8, 4) is 0 Å². The number of alkyl halides is 2. The van der Waals surface area contributed by atoms with Gasteiger partial charge in [-0.15, -0.1) is 35.0 Å². The second-order valence-electron chi connectivity index (χ2n) is 4.74. The van der Waals surface area contributed by atoms with Gasteiger partial charge in [-0.05, 0) is 19.3 Å². The number of nitrogens with zero attached hydrogens (tertiary/aromatic N) is 1. The summed E-state index contributed by atoms with van der Waals surface area (Å²) in [5, 5.41) is -0.0497. The van der Waals surface area contributed by atoms with Crippen molar-refractivity contribution in [1.82, 2.24) is 4.90 Å². The van der Waals surface area contributed by atoms with Gasteiger partial charge in [0.2, 0.25) is 0 Å². The van der Waals surface area contributed by atoms with Crippen LogP contribution in [0.4, 0.5) is 0 Å². The Kier molecular flexibility index (Phi) is 5.01. The van der Waals surface area contributed by atoms with E-state index in [9.17, 15) is 4.79 Å². The Bertz CT molecular complexity index is 293. The van der Waals surface area contributed by atoms with E-state index in [1.807, 2.05) is 4.90 Å². The number of carbonyl (C=O) groups is 1. The summed E-state index contributed by atoms with van der Waals surface area (Å²) in [6.07, 6.45) is 2.42. The first-order chi connectivity index (χ1) is 8.08. The topological polar surface area (TPSA) is 46.3 Å². The van der Waals surface area contributed by atoms with Crippen molar-refractivity contribution in [3.63, 3.8) is 0 Å². The van der Waals surface area contributed by atoms with E-state index in [0.717, 1.165) is 25.1 Å². The van der Waals surface area contributed by atoms with Crippen molar-refractivity contribution in [2.45, 2.75) is 35.5 Å². The normalized spacial score (nSPS) is 39.5. The Labute approximate surface area is 116 Å². The minimum atomic E-state index is -0.0685. The second-order valence-corrected chi connectivity index (χ2v) is 7.09. The highest BCUT2D eigenvalue weighted by Gasteiger charge is 2.33. The molecule has 4 unspecified atom stereocenters. The quantitative estimate of drug-likeness (QED) is 0.808. The lowest BCUT2D eigenvalue weighted by molar-refractivity contribution is -0.124. The molecule has 6 heteroatoms. The van der Waals surface area contributed by atoms with E-state index in [4.69, 9.17) is 28.9 Å². The number of nitrogens with two attached hydrogens (primary N) is 1. The van der Waals surface area contributed by atoms with Crippen LogP contribution in [0.25, 0.3) is 0 Å². The molecule has 2 rings (SSSR count). The van der Waals surface area contributed by atoms with Crippen LogP contribution in [0.15, 0.2) is 0 Å². The number of halogens is 2. The minimum Gasteiger partial charge on any atom is -0.307 e. The van der Waals surface area contributed by atoms with E-state index in [1.54, 1.807) is 11.8 Å². The molecule has 0 bridgehead atoms. The van der Waals surface area contributed by atoms with Crippen LogP contribution >= 0.6 is 35.0 Å². The summed E-state index contributed by atoms with van der Waals surface area (Å²) in [4.78, 5) is 14.2. The summed E-state index contributed by atoms with van der Waals surface area (Å²) in [7, 11) is 0. The highest BCUT2D eigenvalue weighted by molar-refractivity contribution is 8.00. The van der Waals surface area contributed by atoms with Crippen LogP contribution < -0.4 is 5.73 Å². The summed E-state index contributed by atoms with van der Waals surface area (Å²) < 4.78 is 0. The Morgan fingerprint density at radius 3 is 2.71 bits per heavy atom. The highest BCUT2D eigenvalue weighted by atomic mass is 35.5. The fraction of sp³-hybridized carbons (Fsp3) is 0.909. The molecule has 0 amide bonds. The number of carbonyl (C=O) groups excluding carboxylic acids is 1. The zero-order valence-corrected chi connectivity index (χ0v) is 12.0. The van der Waals surface area contributed by atoms with Crippen LogP contribution in [0.3, 0.4) is 0 Å². The molecule has 0 aromatic rings. The number of ketones is 1. The smallest absolute Gasteiger partial charge is 0.150 e. The molecule has 1 heterocycles. The third-order valence-electron chi connectivity index (χ3n) is 3.53. The number of hydrogen-bond acceptors (Lipinski definition) is 4. The van der Waals surface area contributed by atoms with Gasteiger partial charge in [-0.25, -0.2) is 0 Å². The van der Waals surface area contributed by atoms with Crippen LogP contribution in [-0.2, 0) is 4.79 Å². The molecule has 17 heavy (non-hydrogen) atoms. The van der Waals surface area contributed by atoms with Crippen molar-refractivity contribution >= 4 is 40.7 Å². The molecule has 4 atom stereocenters. The Balaban J connectivity index is 1.83. The molecule has 3 nitrogen and oxygen atoms in total. The summed E-state index contributed by atoms with van der Waals surface area (Å²) in [6, 6.07) is 0. The maximum atomic E-state index is 12.1. The molecule has 2 fully saturated rings. The molecule has 1 aliphatic carbocycles. The predicted octanol–water partition coefficient (Wildman–Crippen LogP) is 1.86. The minimum absolute atomic E-state index is 0.0184. The van der Waals surface area contributed by atoms with Gasteiger partial charge >= 0.3 is 0 Å². The van der Waals surface area contributed by atoms with Gasteiger partial charge in [0.05, 0.1) is 11.9 Å². The molecule has 1 aliphatic heterocycles. The SMILES string of the molecule is NC1SCCN1CC(=O)C1CCC(Cl)C(Cl)C1. The lowest BCUT2D eigenvalue weighted by Crippen LogP contribution is -2.42. The predicted molar refractivity (Wildman–Crippen MR) is 73.6 cm³/mol. The average molecular weight is 297 g/mol. The molecular weight excluding hydrogens is 279 g/mol. The monoisotopic (exact) mass is 296 g/mol. The summed E-state index contributed by atoms with van der Waals surface area (Å²) in [6.45, 7) is 1.38. The lowest BCUT2D eigenvalue weighted by atomic mass is 9.85. The molecular formula is C11H18Cl2N2OS. The maximum Gasteiger partial charge on any atom is 0.150 e. The van der Waals surface area contributed by atoms with Crippen molar-refractivity contribution in [2.24, 2.45) is 11.7 Å². The van der Waals surface area contributed by atoms with Crippen LogP contribution in [0.2, 0.25) is 0 Å². The molecule has 1 saturated heterocycles.